The fraction of sp³-hybridized carbons (Fsp3) is 0.200. The monoisotopic (exact) mass is 441 g/mol. The van der Waals surface area contributed by atoms with Gasteiger partial charge in [0, 0.05) is 47.8 Å². The van der Waals surface area contributed by atoms with E-state index in [4.69, 9.17) is 21.1 Å². The molecule has 0 unspecified atom stereocenters. The van der Waals surface area contributed by atoms with Gasteiger partial charge in [0.25, 0.3) is 5.91 Å². The number of thiophene rings is 1. The molecule has 0 radical (unpaired) electrons. The van der Waals surface area contributed by atoms with Crippen molar-refractivity contribution in [2.45, 2.75) is 6.61 Å². The second kappa shape index (κ2) is 7.67. The van der Waals surface area contributed by atoms with Gasteiger partial charge in [-0.3, -0.25) is 4.79 Å². The number of hydrogen-bond donors (Lipinski definition) is 2. The minimum Gasteiger partial charge on any atom is -0.421 e. The Kier molecular flexibility index (Phi) is 4.86. The lowest BCUT2D eigenvalue weighted by Crippen LogP contribution is -2.24. The smallest absolute Gasteiger partial charge is 0.263 e. The molecule has 0 fully saturated rings. The van der Waals surface area contributed by atoms with Crippen LogP contribution in [0.2, 0.25) is 5.15 Å². The van der Waals surface area contributed by atoms with Crippen molar-refractivity contribution in [3.63, 3.8) is 0 Å². The maximum atomic E-state index is 12.4. The largest absolute Gasteiger partial charge is 0.421 e. The predicted molar refractivity (Wildman–Crippen MR) is 116 cm³/mol. The van der Waals surface area contributed by atoms with E-state index in [1.165, 1.54) is 17.4 Å². The number of fused-ring (bicyclic) bond motifs is 5. The predicted octanol–water partition coefficient (Wildman–Crippen LogP) is 3.99. The molecule has 1 aliphatic rings. The molecule has 152 valence electrons. The zero-order valence-corrected chi connectivity index (χ0v) is 17.4. The number of aromatic nitrogens is 3. The third kappa shape index (κ3) is 3.41. The molecule has 10 heteroatoms. The molecule has 0 aliphatic carbocycles. The molecule has 30 heavy (non-hydrogen) atoms. The Morgan fingerprint density at radius 2 is 1.97 bits per heavy atom. The summed E-state index contributed by atoms with van der Waals surface area (Å²) in [5.41, 5.74) is 1.61. The van der Waals surface area contributed by atoms with Crippen LogP contribution in [0.15, 0.2) is 30.3 Å². The van der Waals surface area contributed by atoms with Crippen molar-refractivity contribution in [1.29, 1.82) is 0 Å². The summed E-state index contributed by atoms with van der Waals surface area (Å²) < 4.78 is 11.9. The van der Waals surface area contributed by atoms with E-state index in [9.17, 15) is 4.79 Å². The molecular weight excluding hydrogens is 426 g/mol. The van der Waals surface area contributed by atoms with Crippen molar-refractivity contribution in [2.75, 3.05) is 25.5 Å². The number of nitrogens with one attached hydrogen (secondary N) is 2. The molecule has 4 aromatic rings. The third-order valence-corrected chi connectivity index (χ3v) is 5.96. The summed E-state index contributed by atoms with van der Waals surface area (Å²) in [6.07, 6.45) is 0. The Balaban J connectivity index is 1.56. The van der Waals surface area contributed by atoms with Crippen molar-refractivity contribution in [3.8, 4) is 11.8 Å². The van der Waals surface area contributed by atoms with Gasteiger partial charge in [0.2, 0.25) is 11.8 Å². The highest BCUT2D eigenvalue weighted by Crippen LogP contribution is 2.41. The molecule has 0 saturated heterocycles. The first kappa shape index (κ1) is 19.0. The van der Waals surface area contributed by atoms with Crippen LogP contribution in [-0.2, 0) is 11.3 Å². The Morgan fingerprint density at radius 1 is 1.10 bits per heavy atom. The zero-order chi connectivity index (χ0) is 20.7. The van der Waals surface area contributed by atoms with E-state index in [1.54, 1.807) is 13.2 Å². The van der Waals surface area contributed by atoms with Gasteiger partial charge in [-0.05, 0) is 18.2 Å². The molecule has 1 aromatic carbocycles. The summed E-state index contributed by atoms with van der Waals surface area (Å²) in [6.45, 7) is 1.49. The summed E-state index contributed by atoms with van der Waals surface area (Å²) in [7, 11) is 1.56. The van der Waals surface area contributed by atoms with Crippen LogP contribution in [0.1, 0.15) is 15.5 Å². The molecule has 4 heterocycles. The first-order chi connectivity index (χ1) is 14.6. The van der Waals surface area contributed by atoms with Crippen LogP contribution in [0.4, 0.5) is 5.69 Å². The molecule has 0 spiro atoms. The van der Waals surface area contributed by atoms with Gasteiger partial charge >= 0.3 is 0 Å². The number of methoxy groups -OCH3 is 1. The molecule has 1 amide bonds. The number of benzene rings is 1. The van der Waals surface area contributed by atoms with E-state index < -0.39 is 0 Å². The van der Waals surface area contributed by atoms with E-state index >= 15 is 0 Å². The van der Waals surface area contributed by atoms with Gasteiger partial charge in [0.05, 0.1) is 11.2 Å². The minimum absolute atomic E-state index is 0.0511. The lowest BCUT2D eigenvalue weighted by molar-refractivity contribution is 0.0962. The van der Waals surface area contributed by atoms with Gasteiger partial charge in [-0.1, -0.05) is 11.6 Å². The van der Waals surface area contributed by atoms with E-state index in [0.717, 1.165) is 26.7 Å². The Labute approximate surface area is 180 Å². The van der Waals surface area contributed by atoms with Gasteiger partial charge in [-0.2, -0.15) is 4.98 Å². The van der Waals surface area contributed by atoms with Crippen molar-refractivity contribution < 1.29 is 14.3 Å². The van der Waals surface area contributed by atoms with Crippen LogP contribution >= 0.6 is 22.9 Å². The number of nitrogens with zero attached hydrogens (tertiary/aromatic N) is 3. The van der Waals surface area contributed by atoms with Crippen LogP contribution in [0.5, 0.6) is 11.8 Å². The number of rotatable bonds is 4. The lowest BCUT2D eigenvalue weighted by atomic mass is 10.1. The number of halogens is 1. The first-order valence-electron chi connectivity index (χ1n) is 9.21. The van der Waals surface area contributed by atoms with Gasteiger partial charge in [0.1, 0.15) is 16.6 Å². The molecule has 3 aromatic heterocycles. The molecular formula is C20H16ClN5O3S. The van der Waals surface area contributed by atoms with Crippen molar-refractivity contribution in [2.24, 2.45) is 0 Å². The number of anilines is 1. The van der Waals surface area contributed by atoms with Crippen molar-refractivity contribution in [3.05, 3.63) is 46.2 Å². The van der Waals surface area contributed by atoms with Gasteiger partial charge in [-0.15, -0.1) is 11.3 Å². The average Bonchev–Trinajstić information content (AvgIpc) is 3.00. The van der Waals surface area contributed by atoms with Gasteiger partial charge in [-0.25, -0.2) is 9.97 Å². The number of hydrogen-bond acceptors (Lipinski definition) is 8. The second-order valence-electron chi connectivity index (χ2n) is 6.62. The molecule has 2 N–H and O–H groups in total. The topological polar surface area (TPSA) is 98.3 Å². The Hall–Kier alpha value is -3.01. The van der Waals surface area contributed by atoms with Crippen LogP contribution in [-0.4, -0.2) is 41.1 Å². The van der Waals surface area contributed by atoms with Crippen LogP contribution in [0, 0.1) is 0 Å². The minimum atomic E-state index is -0.0511. The Morgan fingerprint density at radius 3 is 2.83 bits per heavy atom. The van der Waals surface area contributed by atoms with Crippen molar-refractivity contribution in [1.82, 2.24) is 20.3 Å². The number of carbonyl (C=O) groups is 1. The second-order valence-corrected chi connectivity index (χ2v) is 8.06. The fourth-order valence-electron chi connectivity index (χ4n) is 3.41. The normalized spacial score (nSPS) is 13.6. The Bertz CT molecular complexity index is 1290. The third-order valence-electron chi connectivity index (χ3n) is 4.62. The highest BCUT2D eigenvalue weighted by atomic mass is 35.5. The highest BCUT2D eigenvalue weighted by Gasteiger charge is 2.22. The number of pyridine rings is 1. The average molecular weight is 442 g/mol. The summed E-state index contributed by atoms with van der Waals surface area (Å²) in [5.74, 6) is 1.04. The first-order valence-corrected chi connectivity index (χ1v) is 10.4. The number of carbonyl (C=O) groups excluding carboxylic acids is 1. The standard InChI is InChI=1S/C20H16ClN5O3S/c1-28-9-14-25-13(21)8-16(26-14)29-15-5-2-10-11(24-15)3-4-12-17(10)18-19(30-12)20(27)23-7-6-22-18/h2-5,8,22H,6-7,9H2,1H3,(H,23,27). The highest BCUT2D eigenvalue weighted by molar-refractivity contribution is 7.21. The van der Waals surface area contributed by atoms with E-state index in [-0.39, 0.29) is 23.5 Å². The van der Waals surface area contributed by atoms with E-state index in [2.05, 4.69) is 25.6 Å². The maximum Gasteiger partial charge on any atom is 0.263 e. The molecule has 8 nitrogen and oxygen atoms in total. The summed E-state index contributed by atoms with van der Waals surface area (Å²) in [6, 6.07) is 9.13. The van der Waals surface area contributed by atoms with Gasteiger partial charge in [0.15, 0.2) is 5.82 Å². The molecule has 1 aliphatic heterocycles. The molecule has 0 bridgehead atoms. The van der Waals surface area contributed by atoms with Crippen molar-refractivity contribution >= 4 is 55.5 Å². The fourth-order valence-corrected chi connectivity index (χ4v) is 4.71. The van der Waals surface area contributed by atoms with E-state index in [1.807, 2.05) is 18.2 Å². The maximum absolute atomic E-state index is 12.4. The summed E-state index contributed by atoms with van der Waals surface area (Å²) >= 11 is 7.52. The quantitative estimate of drug-likeness (QED) is 0.462. The van der Waals surface area contributed by atoms with Crippen LogP contribution < -0.4 is 15.4 Å². The van der Waals surface area contributed by atoms with Gasteiger partial charge < -0.3 is 20.1 Å². The number of amides is 1. The lowest BCUT2D eigenvalue weighted by Gasteiger charge is -2.08. The molecule has 0 saturated carbocycles. The number of ether oxygens (including phenoxy) is 2. The van der Waals surface area contributed by atoms with E-state index in [0.29, 0.717) is 29.7 Å². The SMILES string of the molecule is COCc1nc(Cl)cc(Oc2ccc3c(ccc4sc5c(c43)NCCNC5=O)n2)n1. The summed E-state index contributed by atoms with van der Waals surface area (Å²) in [5, 5.41) is 8.48. The molecule has 5 rings (SSSR count). The summed E-state index contributed by atoms with van der Waals surface area (Å²) in [4.78, 5) is 26.0. The molecule has 0 atom stereocenters. The van der Waals surface area contributed by atoms with Crippen LogP contribution in [0.3, 0.4) is 0 Å². The van der Waals surface area contributed by atoms with Crippen LogP contribution in [0.25, 0.3) is 21.0 Å². The zero-order valence-electron chi connectivity index (χ0n) is 15.9.